The Morgan fingerprint density at radius 1 is 0.857 bits per heavy atom. The average Bonchev–Trinajstić information content (AvgIpc) is 3.06. The monoisotopic (exact) mass is 694 g/mol. The number of amides is 2. The van der Waals surface area contributed by atoms with Crippen molar-refractivity contribution in [1.82, 2.24) is 16.0 Å². The van der Waals surface area contributed by atoms with Crippen molar-refractivity contribution < 1.29 is 36.6 Å². The summed E-state index contributed by atoms with van der Waals surface area (Å²) in [5.74, 6) is -2.28. The predicted molar refractivity (Wildman–Crippen MR) is 184 cm³/mol. The smallest absolute Gasteiger partial charge is 0.251 e. The third-order valence-electron chi connectivity index (χ3n) is 7.93. The SMILES string of the molecule is COc1cccc(CNCC(O)C(Cc2cc(F)cc(F)c2)NC(=O)c2cc(C(=O)NC(C)c3ccccc3)cc(N(C)S(C)(=O)=O)c2)c1. The van der Waals surface area contributed by atoms with E-state index in [1.165, 1.54) is 25.2 Å². The number of halogens is 2. The van der Waals surface area contributed by atoms with E-state index >= 15 is 0 Å². The largest absolute Gasteiger partial charge is 0.497 e. The van der Waals surface area contributed by atoms with Crippen LogP contribution in [0.3, 0.4) is 0 Å². The van der Waals surface area contributed by atoms with Crippen molar-refractivity contribution in [2.24, 2.45) is 0 Å². The maximum Gasteiger partial charge on any atom is 0.251 e. The minimum atomic E-state index is -3.79. The molecule has 3 unspecified atom stereocenters. The van der Waals surface area contributed by atoms with Crippen LogP contribution in [-0.2, 0) is 23.0 Å². The first-order valence-electron chi connectivity index (χ1n) is 15.5. The molecule has 0 spiro atoms. The van der Waals surface area contributed by atoms with Crippen LogP contribution in [0.25, 0.3) is 0 Å². The highest BCUT2D eigenvalue weighted by molar-refractivity contribution is 7.92. The minimum Gasteiger partial charge on any atom is -0.497 e. The Kier molecular flexibility index (Phi) is 12.5. The Hall–Kier alpha value is -4.85. The van der Waals surface area contributed by atoms with Crippen LogP contribution in [0.4, 0.5) is 14.5 Å². The van der Waals surface area contributed by atoms with E-state index in [-0.39, 0.29) is 35.3 Å². The van der Waals surface area contributed by atoms with E-state index in [1.807, 2.05) is 48.5 Å². The highest BCUT2D eigenvalue weighted by atomic mass is 32.2. The molecule has 49 heavy (non-hydrogen) atoms. The zero-order valence-corrected chi connectivity index (χ0v) is 28.4. The fraction of sp³-hybridized carbons (Fsp3) is 0.278. The standard InChI is InChI=1S/C36H40F2N4O6S/c1-23(26-10-6-5-7-11-26)40-35(44)27-17-28(19-31(18-27)42(2)49(4,46)47)36(45)41-33(16-25-13-29(37)20-30(38)14-25)34(43)22-39-21-24-9-8-12-32(15-24)48-3/h5-15,17-20,23,33-34,39,43H,16,21-22H2,1-4H3,(H,40,44)(H,41,45). The molecule has 4 rings (SSSR count). The molecule has 0 fully saturated rings. The topological polar surface area (TPSA) is 137 Å². The number of aliphatic hydroxyl groups is 1. The molecule has 0 aliphatic carbocycles. The third kappa shape index (κ3) is 10.6. The first kappa shape index (κ1) is 37.0. The Morgan fingerprint density at radius 2 is 1.49 bits per heavy atom. The molecule has 0 saturated carbocycles. The Labute approximate surface area is 285 Å². The molecule has 10 nitrogen and oxygen atoms in total. The molecule has 0 radical (unpaired) electrons. The second kappa shape index (κ2) is 16.5. The van der Waals surface area contributed by atoms with Crippen molar-refractivity contribution >= 4 is 27.5 Å². The summed E-state index contributed by atoms with van der Waals surface area (Å²) in [6.07, 6.45) is -0.398. The zero-order chi connectivity index (χ0) is 35.7. The molecule has 260 valence electrons. The van der Waals surface area contributed by atoms with Gasteiger partial charge in [0.1, 0.15) is 17.4 Å². The first-order chi connectivity index (χ1) is 23.2. The average molecular weight is 695 g/mol. The number of rotatable bonds is 15. The Morgan fingerprint density at radius 3 is 2.10 bits per heavy atom. The second-order valence-corrected chi connectivity index (χ2v) is 13.7. The van der Waals surface area contributed by atoms with Crippen molar-refractivity contribution in [2.45, 2.75) is 38.1 Å². The van der Waals surface area contributed by atoms with Crippen LogP contribution in [-0.4, -0.2) is 64.4 Å². The number of aliphatic hydroxyl groups excluding tert-OH is 1. The summed E-state index contributed by atoms with van der Waals surface area (Å²) in [6, 6.07) is 22.0. The molecule has 4 aromatic rings. The van der Waals surface area contributed by atoms with E-state index in [0.29, 0.717) is 12.3 Å². The molecule has 4 N–H and O–H groups in total. The molecule has 0 aliphatic heterocycles. The molecule has 0 aliphatic rings. The van der Waals surface area contributed by atoms with E-state index < -0.39 is 51.7 Å². The van der Waals surface area contributed by atoms with Gasteiger partial charge < -0.3 is 25.8 Å². The van der Waals surface area contributed by atoms with Gasteiger partial charge in [-0.05, 0) is 72.5 Å². The van der Waals surface area contributed by atoms with Gasteiger partial charge in [-0.1, -0.05) is 42.5 Å². The Bertz CT molecular complexity index is 1860. The number of nitrogens with zero attached hydrogens (tertiary/aromatic N) is 1. The van der Waals surface area contributed by atoms with Crippen molar-refractivity contribution in [1.29, 1.82) is 0 Å². The summed E-state index contributed by atoms with van der Waals surface area (Å²) in [7, 11) is -0.946. The van der Waals surface area contributed by atoms with Gasteiger partial charge in [0.2, 0.25) is 10.0 Å². The van der Waals surface area contributed by atoms with Crippen LogP contribution in [0, 0.1) is 11.6 Å². The molecule has 2 amide bonds. The maximum absolute atomic E-state index is 14.1. The normalized spacial score (nSPS) is 13.2. The molecular weight excluding hydrogens is 654 g/mol. The van der Waals surface area contributed by atoms with Gasteiger partial charge in [-0.3, -0.25) is 13.9 Å². The van der Waals surface area contributed by atoms with E-state index in [1.54, 1.807) is 20.1 Å². The number of sulfonamides is 1. The van der Waals surface area contributed by atoms with Crippen molar-refractivity contribution in [2.75, 3.05) is 31.3 Å². The van der Waals surface area contributed by atoms with Gasteiger partial charge in [0.05, 0.1) is 37.2 Å². The fourth-order valence-electron chi connectivity index (χ4n) is 5.16. The van der Waals surface area contributed by atoms with Crippen LogP contribution < -0.4 is 25.0 Å². The molecule has 0 bridgehead atoms. The molecule has 4 aromatic carbocycles. The van der Waals surface area contributed by atoms with Gasteiger partial charge >= 0.3 is 0 Å². The first-order valence-corrected chi connectivity index (χ1v) is 17.3. The van der Waals surface area contributed by atoms with E-state index in [0.717, 1.165) is 39.9 Å². The molecule has 13 heteroatoms. The number of hydrogen-bond acceptors (Lipinski definition) is 7. The van der Waals surface area contributed by atoms with Gasteiger partial charge in [0.15, 0.2) is 0 Å². The summed E-state index contributed by atoms with van der Waals surface area (Å²) < 4.78 is 59.2. The number of benzene rings is 4. The van der Waals surface area contributed by atoms with Gasteiger partial charge in [-0.15, -0.1) is 0 Å². The lowest BCUT2D eigenvalue weighted by Gasteiger charge is -2.26. The molecule has 0 heterocycles. The number of carbonyl (C=O) groups excluding carboxylic acids is 2. The highest BCUT2D eigenvalue weighted by Crippen LogP contribution is 2.23. The van der Waals surface area contributed by atoms with E-state index in [9.17, 15) is 31.9 Å². The summed E-state index contributed by atoms with van der Waals surface area (Å²) in [5, 5.41) is 20.0. The van der Waals surface area contributed by atoms with Gasteiger partial charge in [0.25, 0.3) is 11.8 Å². The van der Waals surface area contributed by atoms with Gasteiger partial charge in [0, 0.05) is 37.3 Å². The second-order valence-electron chi connectivity index (χ2n) is 11.7. The molecule has 0 saturated heterocycles. The summed E-state index contributed by atoms with van der Waals surface area (Å²) >= 11 is 0. The number of nitrogens with one attached hydrogen (secondary N) is 3. The van der Waals surface area contributed by atoms with Crippen LogP contribution in [0.1, 0.15) is 50.4 Å². The van der Waals surface area contributed by atoms with Gasteiger partial charge in [-0.25, -0.2) is 17.2 Å². The Balaban J connectivity index is 1.61. The number of methoxy groups -OCH3 is 1. The van der Waals surface area contributed by atoms with Crippen LogP contribution in [0.2, 0.25) is 0 Å². The van der Waals surface area contributed by atoms with Crippen LogP contribution in [0.15, 0.2) is 91.0 Å². The van der Waals surface area contributed by atoms with Crippen LogP contribution >= 0.6 is 0 Å². The van der Waals surface area contributed by atoms with E-state index in [4.69, 9.17) is 4.74 Å². The number of carbonyl (C=O) groups is 2. The van der Waals surface area contributed by atoms with Crippen molar-refractivity contribution in [3.05, 3.63) is 130 Å². The number of anilines is 1. The third-order valence-corrected chi connectivity index (χ3v) is 9.13. The molecule has 3 atom stereocenters. The summed E-state index contributed by atoms with van der Waals surface area (Å²) in [4.78, 5) is 27.2. The summed E-state index contributed by atoms with van der Waals surface area (Å²) in [5.41, 5.74) is 1.90. The van der Waals surface area contributed by atoms with E-state index in [2.05, 4.69) is 16.0 Å². The van der Waals surface area contributed by atoms with Gasteiger partial charge in [-0.2, -0.15) is 0 Å². The lowest BCUT2D eigenvalue weighted by Crippen LogP contribution is -2.48. The minimum absolute atomic E-state index is 0.0121. The fourth-order valence-corrected chi connectivity index (χ4v) is 5.65. The van der Waals surface area contributed by atoms with Crippen LogP contribution in [0.5, 0.6) is 5.75 Å². The predicted octanol–water partition coefficient (Wildman–Crippen LogP) is 4.35. The number of hydrogen-bond donors (Lipinski definition) is 4. The quantitative estimate of drug-likeness (QED) is 0.145. The lowest BCUT2D eigenvalue weighted by molar-refractivity contribution is 0.0830. The zero-order valence-electron chi connectivity index (χ0n) is 27.6. The highest BCUT2D eigenvalue weighted by Gasteiger charge is 2.25. The molecular formula is C36H40F2N4O6S. The van der Waals surface area contributed by atoms with Crippen molar-refractivity contribution in [3.63, 3.8) is 0 Å². The summed E-state index contributed by atoms with van der Waals surface area (Å²) in [6.45, 7) is 2.13. The van der Waals surface area contributed by atoms with Crippen molar-refractivity contribution in [3.8, 4) is 5.75 Å². The number of ether oxygens (including phenoxy) is 1. The maximum atomic E-state index is 14.1. The lowest BCUT2D eigenvalue weighted by atomic mass is 9.99. The molecule has 0 aromatic heterocycles.